The molecule has 1 aromatic rings. The molecule has 1 fully saturated rings. The summed E-state index contributed by atoms with van der Waals surface area (Å²) in [7, 11) is 4.26. The summed E-state index contributed by atoms with van der Waals surface area (Å²) in [4.78, 5) is 10.4. The molecule has 0 aliphatic heterocycles. The Kier molecular flexibility index (Phi) is 3.90. The summed E-state index contributed by atoms with van der Waals surface area (Å²) in [5.74, 6) is 0.762. The van der Waals surface area contributed by atoms with E-state index in [1.54, 1.807) is 0 Å². The molecule has 1 heterocycles. The Bertz CT molecular complexity index is 406. The lowest BCUT2D eigenvalue weighted by atomic mass is 9.75. The van der Waals surface area contributed by atoms with Gasteiger partial charge in [0.25, 0.3) is 0 Å². The topological polar surface area (TPSA) is 41.0 Å². The largest absolute Gasteiger partial charge is 0.367 e. The highest BCUT2D eigenvalue weighted by Gasteiger charge is 2.38. The van der Waals surface area contributed by atoms with Crippen LogP contribution in [0.15, 0.2) is 10.8 Å². The fraction of sp³-hybridized carbons (Fsp3) is 0.636. The van der Waals surface area contributed by atoms with Gasteiger partial charge in [0.05, 0.1) is 4.47 Å². The van der Waals surface area contributed by atoms with Crippen LogP contribution in [0.5, 0.6) is 0 Å². The summed E-state index contributed by atoms with van der Waals surface area (Å²) in [6, 6.07) is 0. The van der Waals surface area contributed by atoms with Gasteiger partial charge in [-0.2, -0.15) is 0 Å². The average molecular weight is 320 g/mol. The molecule has 1 aromatic heterocycles. The first-order valence-corrected chi connectivity index (χ1v) is 6.79. The minimum absolute atomic E-state index is 0.261. The van der Waals surface area contributed by atoms with E-state index in [2.05, 4.69) is 50.2 Å². The molecule has 0 bridgehead atoms. The van der Waals surface area contributed by atoms with Crippen LogP contribution in [0.3, 0.4) is 0 Å². The van der Waals surface area contributed by atoms with Crippen molar-refractivity contribution in [2.45, 2.75) is 24.8 Å². The van der Waals surface area contributed by atoms with E-state index in [0.717, 1.165) is 16.8 Å². The fourth-order valence-electron chi connectivity index (χ4n) is 2.09. The van der Waals surface area contributed by atoms with Crippen LogP contribution in [0.4, 0.5) is 5.82 Å². The summed E-state index contributed by atoms with van der Waals surface area (Å²) in [5, 5.41) is 3.79. The second-order valence-electron chi connectivity index (χ2n) is 4.65. The highest BCUT2D eigenvalue weighted by molar-refractivity contribution is 9.10. The Balaban J connectivity index is 2.04. The third-order valence-electron chi connectivity index (χ3n) is 3.56. The Morgan fingerprint density at radius 3 is 2.71 bits per heavy atom. The summed E-state index contributed by atoms with van der Waals surface area (Å²) in [6.45, 7) is 0.881. The van der Waals surface area contributed by atoms with Gasteiger partial charge in [-0.1, -0.05) is 11.6 Å². The van der Waals surface area contributed by atoms with Crippen LogP contribution in [-0.4, -0.2) is 41.0 Å². The monoisotopic (exact) mass is 318 g/mol. The lowest BCUT2D eigenvalue weighted by molar-refractivity contribution is 0.0738. The Labute approximate surface area is 115 Å². The van der Waals surface area contributed by atoms with E-state index in [4.69, 9.17) is 11.6 Å². The SMILES string of the molecule is CN(C)C1(CNc2ncnc(Cl)c2Br)CCC1. The van der Waals surface area contributed by atoms with Crippen molar-refractivity contribution in [3.05, 3.63) is 16.0 Å². The average Bonchev–Trinajstić information content (AvgIpc) is 2.22. The molecule has 0 spiro atoms. The maximum Gasteiger partial charge on any atom is 0.148 e. The van der Waals surface area contributed by atoms with Crippen molar-refractivity contribution in [2.75, 3.05) is 26.0 Å². The molecule has 17 heavy (non-hydrogen) atoms. The zero-order valence-electron chi connectivity index (χ0n) is 10.0. The summed E-state index contributed by atoms with van der Waals surface area (Å²) in [6.07, 6.45) is 5.22. The highest BCUT2D eigenvalue weighted by atomic mass is 79.9. The maximum atomic E-state index is 5.93. The molecule has 1 aliphatic carbocycles. The number of anilines is 1. The first kappa shape index (κ1) is 13.1. The van der Waals surface area contributed by atoms with Crippen molar-refractivity contribution in [1.82, 2.24) is 14.9 Å². The standard InChI is InChI=1S/C11H16BrClN4/c1-17(2)11(4-3-5-11)6-14-10-8(12)9(13)15-7-16-10/h7H,3-6H2,1-2H3,(H,14,15,16). The molecule has 1 saturated carbocycles. The molecule has 1 aliphatic rings. The number of hydrogen-bond donors (Lipinski definition) is 1. The van der Waals surface area contributed by atoms with Gasteiger partial charge in [-0.25, -0.2) is 9.97 Å². The normalized spacial score (nSPS) is 17.9. The number of rotatable bonds is 4. The molecule has 0 saturated heterocycles. The van der Waals surface area contributed by atoms with Crippen LogP contribution < -0.4 is 5.32 Å². The van der Waals surface area contributed by atoms with Crippen LogP contribution in [0.2, 0.25) is 5.15 Å². The van der Waals surface area contributed by atoms with Gasteiger partial charge in [0.2, 0.25) is 0 Å². The zero-order chi connectivity index (χ0) is 12.5. The molecule has 0 aromatic carbocycles. The molecule has 1 N–H and O–H groups in total. The summed E-state index contributed by atoms with van der Waals surface area (Å²) in [5.41, 5.74) is 0.261. The van der Waals surface area contributed by atoms with Gasteiger partial charge in [-0.05, 0) is 49.3 Å². The van der Waals surface area contributed by atoms with Crippen molar-refractivity contribution in [2.24, 2.45) is 0 Å². The van der Waals surface area contributed by atoms with Crippen LogP contribution in [0, 0.1) is 0 Å². The van der Waals surface area contributed by atoms with Crippen molar-refractivity contribution in [1.29, 1.82) is 0 Å². The molecule has 0 radical (unpaired) electrons. The minimum atomic E-state index is 0.261. The van der Waals surface area contributed by atoms with E-state index in [1.807, 2.05) is 0 Å². The third-order valence-corrected chi connectivity index (χ3v) is 4.83. The minimum Gasteiger partial charge on any atom is -0.367 e. The lowest BCUT2D eigenvalue weighted by Gasteiger charge is -2.47. The van der Waals surface area contributed by atoms with Gasteiger partial charge in [-0.15, -0.1) is 0 Å². The van der Waals surface area contributed by atoms with Gasteiger partial charge < -0.3 is 10.2 Å². The van der Waals surface area contributed by atoms with Crippen LogP contribution in [0.25, 0.3) is 0 Å². The molecule has 94 valence electrons. The quantitative estimate of drug-likeness (QED) is 0.867. The number of nitrogens with one attached hydrogen (secondary N) is 1. The van der Waals surface area contributed by atoms with Crippen molar-refractivity contribution >= 4 is 33.3 Å². The van der Waals surface area contributed by atoms with Gasteiger partial charge >= 0.3 is 0 Å². The summed E-state index contributed by atoms with van der Waals surface area (Å²) < 4.78 is 0.731. The van der Waals surface area contributed by atoms with Crippen molar-refractivity contribution in [3.63, 3.8) is 0 Å². The predicted molar refractivity (Wildman–Crippen MR) is 73.5 cm³/mol. The fourth-order valence-corrected chi connectivity index (χ4v) is 2.56. The molecule has 0 atom stereocenters. The van der Waals surface area contributed by atoms with Gasteiger partial charge in [-0.3, -0.25) is 0 Å². The molecular formula is C11H16BrClN4. The molecule has 6 heteroatoms. The number of nitrogens with zero attached hydrogens (tertiary/aromatic N) is 3. The maximum absolute atomic E-state index is 5.93. The van der Waals surface area contributed by atoms with E-state index >= 15 is 0 Å². The van der Waals surface area contributed by atoms with Crippen LogP contribution in [-0.2, 0) is 0 Å². The molecule has 0 amide bonds. The first-order chi connectivity index (χ1) is 8.05. The number of likely N-dealkylation sites (N-methyl/N-ethyl adjacent to an activating group) is 1. The van der Waals surface area contributed by atoms with E-state index in [9.17, 15) is 0 Å². The number of halogens is 2. The van der Waals surface area contributed by atoms with E-state index < -0.39 is 0 Å². The zero-order valence-corrected chi connectivity index (χ0v) is 12.3. The number of aromatic nitrogens is 2. The van der Waals surface area contributed by atoms with Gasteiger partial charge in [0.15, 0.2) is 0 Å². The lowest BCUT2D eigenvalue weighted by Crippen LogP contribution is -2.54. The second kappa shape index (κ2) is 5.08. The van der Waals surface area contributed by atoms with Gasteiger partial charge in [0.1, 0.15) is 17.3 Å². The highest BCUT2D eigenvalue weighted by Crippen LogP contribution is 2.36. The van der Waals surface area contributed by atoms with E-state index in [-0.39, 0.29) is 5.54 Å². The van der Waals surface area contributed by atoms with E-state index in [0.29, 0.717) is 5.15 Å². The molecule has 4 nitrogen and oxygen atoms in total. The number of hydrogen-bond acceptors (Lipinski definition) is 4. The molecular weight excluding hydrogens is 304 g/mol. The Morgan fingerprint density at radius 1 is 1.47 bits per heavy atom. The molecule has 0 unspecified atom stereocenters. The molecule has 2 rings (SSSR count). The Morgan fingerprint density at radius 2 is 2.18 bits per heavy atom. The Hall–Kier alpha value is -0.390. The van der Waals surface area contributed by atoms with Crippen molar-refractivity contribution < 1.29 is 0 Å². The second-order valence-corrected chi connectivity index (χ2v) is 5.80. The van der Waals surface area contributed by atoms with Crippen molar-refractivity contribution in [3.8, 4) is 0 Å². The van der Waals surface area contributed by atoms with Crippen LogP contribution >= 0.6 is 27.5 Å². The smallest absolute Gasteiger partial charge is 0.148 e. The third kappa shape index (κ3) is 2.56. The van der Waals surface area contributed by atoms with E-state index in [1.165, 1.54) is 25.6 Å². The predicted octanol–water partition coefficient (Wildman–Crippen LogP) is 2.79. The van der Waals surface area contributed by atoms with Gasteiger partial charge in [0, 0.05) is 12.1 Å². The van der Waals surface area contributed by atoms with Crippen LogP contribution in [0.1, 0.15) is 19.3 Å². The first-order valence-electron chi connectivity index (χ1n) is 5.62. The summed E-state index contributed by atoms with van der Waals surface area (Å²) >= 11 is 9.32.